The molecule has 1 heterocycles. The SMILES string of the molecule is O=C(c1c[nH]c(=O)[nH]c1=S)N(CCO)Cc1ccccc1. The molecule has 0 saturated heterocycles. The Morgan fingerprint density at radius 3 is 2.62 bits per heavy atom. The van der Waals surface area contributed by atoms with Crippen LogP contribution in [-0.4, -0.2) is 39.0 Å². The molecule has 7 heteroatoms. The summed E-state index contributed by atoms with van der Waals surface area (Å²) in [5.74, 6) is -0.342. The maximum absolute atomic E-state index is 12.5. The van der Waals surface area contributed by atoms with E-state index >= 15 is 0 Å². The second-order valence-electron chi connectivity index (χ2n) is 4.42. The zero-order valence-electron chi connectivity index (χ0n) is 11.2. The van der Waals surface area contributed by atoms with Crippen LogP contribution < -0.4 is 5.69 Å². The van der Waals surface area contributed by atoms with Gasteiger partial charge in [-0.05, 0) is 5.56 Å². The van der Waals surface area contributed by atoms with Gasteiger partial charge >= 0.3 is 5.69 Å². The first-order valence-corrected chi connectivity index (χ1v) is 6.78. The van der Waals surface area contributed by atoms with Gasteiger partial charge in [-0.3, -0.25) is 9.78 Å². The van der Waals surface area contributed by atoms with Crippen LogP contribution in [-0.2, 0) is 6.54 Å². The van der Waals surface area contributed by atoms with E-state index in [4.69, 9.17) is 17.3 Å². The number of hydrogen-bond acceptors (Lipinski definition) is 4. The van der Waals surface area contributed by atoms with Crippen LogP contribution in [0.3, 0.4) is 0 Å². The molecule has 21 heavy (non-hydrogen) atoms. The minimum absolute atomic E-state index is 0.0831. The van der Waals surface area contributed by atoms with E-state index < -0.39 is 5.69 Å². The molecule has 110 valence electrons. The van der Waals surface area contributed by atoms with E-state index in [2.05, 4.69) is 9.97 Å². The summed E-state index contributed by atoms with van der Waals surface area (Å²) in [5.41, 5.74) is 0.681. The number of amides is 1. The smallest absolute Gasteiger partial charge is 0.323 e. The fourth-order valence-electron chi connectivity index (χ4n) is 1.92. The lowest BCUT2D eigenvalue weighted by Crippen LogP contribution is -2.34. The van der Waals surface area contributed by atoms with E-state index in [1.54, 1.807) is 0 Å². The summed E-state index contributed by atoms with van der Waals surface area (Å²) in [4.78, 5) is 29.8. The van der Waals surface area contributed by atoms with Gasteiger partial charge < -0.3 is 15.0 Å². The Morgan fingerprint density at radius 1 is 1.29 bits per heavy atom. The van der Waals surface area contributed by atoms with Crippen molar-refractivity contribution >= 4 is 18.1 Å². The maximum atomic E-state index is 12.5. The number of benzene rings is 1. The Balaban J connectivity index is 2.27. The van der Waals surface area contributed by atoms with Crippen molar-refractivity contribution in [2.75, 3.05) is 13.2 Å². The molecule has 6 nitrogen and oxygen atoms in total. The van der Waals surface area contributed by atoms with Gasteiger partial charge in [-0.15, -0.1) is 0 Å². The van der Waals surface area contributed by atoms with Gasteiger partial charge in [0.05, 0.1) is 12.2 Å². The fraction of sp³-hybridized carbons (Fsp3) is 0.214. The number of rotatable bonds is 5. The average molecular weight is 305 g/mol. The molecular weight excluding hydrogens is 290 g/mol. The molecule has 2 aromatic rings. The third-order valence-electron chi connectivity index (χ3n) is 2.92. The van der Waals surface area contributed by atoms with Gasteiger partial charge in [0.1, 0.15) is 4.64 Å². The molecule has 3 N–H and O–H groups in total. The van der Waals surface area contributed by atoms with Crippen molar-refractivity contribution in [2.45, 2.75) is 6.54 Å². The van der Waals surface area contributed by atoms with Crippen LogP contribution in [0.25, 0.3) is 0 Å². The first kappa shape index (κ1) is 15.1. The maximum Gasteiger partial charge on any atom is 0.323 e. The third kappa shape index (κ3) is 3.87. The molecule has 1 aromatic heterocycles. The van der Waals surface area contributed by atoms with Gasteiger partial charge in [0.15, 0.2) is 0 Å². The van der Waals surface area contributed by atoms with Crippen molar-refractivity contribution in [1.29, 1.82) is 0 Å². The standard InChI is InChI=1S/C14H15N3O3S/c18-7-6-17(9-10-4-2-1-3-5-10)13(19)11-8-15-14(20)16-12(11)21/h1-5,8,18H,6-7,9H2,(H2,15,16,20,21). The Bertz CT molecular complexity index is 724. The molecule has 0 saturated carbocycles. The highest BCUT2D eigenvalue weighted by atomic mass is 32.1. The first-order valence-electron chi connectivity index (χ1n) is 6.38. The number of hydrogen-bond donors (Lipinski definition) is 3. The number of aromatic amines is 2. The topological polar surface area (TPSA) is 89.2 Å². The minimum atomic E-state index is -0.465. The second-order valence-corrected chi connectivity index (χ2v) is 4.83. The van der Waals surface area contributed by atoms with E-state index in [-0.39, 0.29) is 29.3 Å². The highest BCUT2D eigenvalue weighted by molar-refractivity contribution is 7.71. The molecule has 0 radical (unpaired) electrons. The van der Waals surface area contributed by atoms with Crippen molar-refractivity contribution in [3.8, 4) is 0 Å². The van der Waals surface area contributed by atoms with E-state index in [0.29, 0.717) is 6.54 Å². The second kappa shape index (κ2) is 6.96. The zero-order valence-corrected chi connectivity index (χ0v) is 12.0. The number of nitrogens with one attached hydrogen (secondary N) is 2. The van der Waals surface area contributed by atoms with Crippen molar-refractivity contribution in [3.63, 3.8) is 0 Å². The summed E-state index contributed by atoms with van der Waals surface area (Å²) in [7, 11) is 0. The lowest BCUT2D eigenvalue weighted by atomic mass is 10.2. The van der Waals surface area contributed by atoms with Crippen LogP contribution in [0, 0.1) is 4.64 Å². The number of aromatic nitrogens is 2. The molecule has 2 rings (SSSR count). The van der Waals surface area contributed by atoms with Crippen LogP contribution in [0.2, 0.25) is 0 Å². The van der Waals surface area contributed by atoms with Gasteiger partial charge in [-0.1, -0.05) is 42.5 Å². The number of aliphatic hydroxyl groups is 1. The number of H-pyrrole nitrogens is 2. The molecule has 0 aliphatic rings. The minimum Gasteiger partial charge on any atom is -0.395 e. The lowest BCUT2D eigenvalue weighted by Gasteiger charge is -2.21. The van der Waals surface area contributed by atoms with E-state index in [1.807, 2.05) is 30.3 Å². The van der Waals surface area contributed by atoms with Crippen molar-refractivity contribution in [1.82, 2.24) is 14.9 Å². The molecule has 0 aliphatic heterocycles. The Hall–Kier alpha value is -2.25. The zero-order chi connectivity index (χ0) is 15.2. The quantitative estimate of drug-likeness (QED) is 0.721. The molecule has 1 aromatic carbocycles. The Kier molecular flexibility index (Phi) is 5.02. The predicted octanol–water partition coefficient (Wildman–Crippen LogP) is 1.07. The van der Waals surface area contributed by atoms with Gasteiger partial charge in [0.25, 0.3) is 5.91 Å². The predicted molar refractivity (Wildman–Crippen MR) is 80.5 cm³/mol. The van der Waals surface area contributed by atoms with E-state index in [0.717, 1.165) is 5.56 Å². The molecule has 0 spiro atoms. The highest BCUT2D eigenvalue weighted by Crippen LogP contribution is 2.09. The molecule has 1 amide bonds. The lowest BCUT2D eigenvalue weighted by molar-refractivity contribution is 0.0706. The van der Waals surface area contributed by atoms with E-state index in [9.17, 15) is 9.59 Å². The first-order chi connectivity index (χ1) is 10.1. The summed E-state index contributed by atoms with van der Waals surface area (Å²) in [6, 6.07) is 9.43. The average Bonchev–Trinajstić information content (AvgIpc) is 2.47. The molecule has 0 atom stereocenters. The largest absolute Gasteiger partial charge is 0.395 e. The summed E-state index contributed by atoms with van der Waals surface area (Å²) in [5, 5.41) is 9.14. The number of carbonyl (C=O) groups excluding carboxylic acids is 1. The normalized spacial score (nSPS) is 10.3. The van der Waals surface area contributed by atoms with Gasteiger partial charge in [-0.25, -0.2) is 4.79 Å². The van der Waals surface area contributed by atoms with Crippen LogP contribution in [0.1, 0.15) is 15.9 Å². The fourth-order valence-corrected chi connectivity index (χ4v) is 2.15. The monoisotopic (exact) mass is 305 g/mol. The van der Waals surface area contributed by atoms with Crippen molar-refractivity contribution in [3.05, 3.63) is 62.8 Å². The summed E-state index contributed by atoms with van der Waals surface area (Å²) < 4.78 is 0.0831. The van der Waals surface area contributed by atoms with Crippen LogP contribution in [0.15, 0.2) is 41.3 Å². The molecular formula is C14H15N3O3S. The van der Waals surface area contributed by atoms with Gasteiger partial charge in [0.2, 0.25) is 0 Å². The molecule has 0 unspecified atom stereocenters. The Morgan fingerprint density at radius 2 is 2.00 bits per heavy atom. The molecule has 0 bridgehead atoms. The summed E-state index contributed by atoms with van der Waals surface area (Å²) in [6.07, 6.45) is 1.29. The van der Waals surface area contributed by atoms with Gasteiger partial charge in [0, 0.05) is 19.3 Å². The van der Waals surface area contributed by atoms with Crippen molar-refractivity contribution in [2.24, 2.45) is 0 Å². The van der Waals surface area contributed by atoms with E-state index in [1.165, 1.54) is 11.1 Å². The third-order valence-corrected chi connectivity index (χ3v) is 3.25. The molecule has 0 fully saturated rings. The summed E-state index contributed by atoms with van der Waals surface area (Å²) in [6.45, 7) is 0.383. The number of nitrogens with zero attached hydrogens (tertiary/aromatic N) is 1. The van der Waals surface area contributed by atoms with Crippen LogP contribution >= 0.6 is 12.2 Å². The molecule has 0 aliphatic carbocycles. The Labute approximate surface area is 126 Å². The number of carbonyl (C=O) groups is 1. The van der Waals surface area contributed by atoms with Crippen LogP contribution in [0.4, 0.5) is 0 Å². The highest BCUT2D eigenvalue weighted by Gasteiger charge is 2.17. The van der Waals surface area contributed by atoms with Gasteiger partial charge in [-0.2, -0.15) is 0 Å². The number of aliphatic hydroxyl groups excluding tert-OH is 1. The summed E-state index contributed by atoms with van der Waals surface area (Å²) >= 11 is 5.00. The van der Waals surface area contributed by atoms with Crippen LogP contribution in [0.5, 0.6) is 0 Å². The van der Waals surface area contributed by atoms with Crippen molar-refractivity contribution < 1.29 is 9.90 Å².